The minimum atomic E-state index is 0.777. The fraction of sp³-hybridized carbons (Fsp3) is 0.294. The molecule has 0 aliphatic carbocycles. The zero-order chi connectivity index (χ0) is 15.1. The first-order chi connectivity index (χ1) is 10.2. The molecular formula is C17H20BrClN2. The number of nitrogens with zero attached hydrogens (tertiary/aromatic N) is 1. The lowest BCUT2D eigenvalue weighted by Crippen LogP contribution is -2.23. The van der Waals surface area contributed by atoms with Crippen molar-refractivity contribution < 1.29 is 0 Å². The van der Waals surface area contributed by atoms with Gasteiger partial charge in [0, 0.05) is 35.3 Å². The summed E-state index contributed by atoms with van der Waals surface area (Å²) in [6, 6.07) is 16.3. The Labute approximate surface area is 140 Å². The van der Waals surface area contributed by atoms with E-state index in [4.69, 9.17) is 11.6 Å². The summed E-state index contributed by atoms with van der Waals surface area (Å²) in [5.41, 5.74) is 2.45. The van der Waals surface area contributed by atoms with Gasteiger partial charge < -0.3 is 10.2 Å². The monoisotopic (exact) mass is 366 g/mol. The number of para-hydroxylation sites is 1. The van der Waals surface area contributed by atoms with Crippen molar-refractivity contribution in [2.75, 3.05) is 25.0 Å². The highest BCUT2D eigenvalue weighted by Gasteiger charge is 2.02. The maximum absolute atomic E-state index is 6.01. The lowest BCUT2D eigenvalue weighted by molar-refractivity contribution is 0.645. The van der Waals surface area contributed by atoms with E-state index in [9.17, 15) is 0 Å². The lowest BCUT2D eigenvalue weighted by atomic mass is 10.2. The molecule has 21 heavy (non-hydrogen) atoms. The lowest BCUT2D eigenvalue weighted by Gasteiger charge is -2.19. The molecule has 0 amide bonds. The Morgan fingerprint density at radius 2 is 1.90 bits per heavy atom. The molecule has 0 saturated heterocycles. The molecule has 0 radical (unpaired) electrons. The van der Waals surface area contributed by atoms with Crippen LogP contribution in [-0.2, 0) is 6.54 Å². The van der Waals surface area contributed by atoms with Crippen molar-refractivity contribution in [3.8, 4) is 0 Å². The number of hydrogen-bond donors (Lipinski definition) is 1. The van der Waals surface area contributed by atoms with Crippen molar-refractivity contribution in [3.05, 3.63) is 63.6 Å². The molecule has 2 rings (SSSR count). The highest BCUT2D eigenvalue weighted by atomic mass is 79.9. The Morgan fingerprint density at radius 1 is 1.14 bits per heavy atom. The fourth-order valence-corrected chi connectivity index (χ4v) is 2.74. The minimum absolute atomic E-state index is 0.777. The molecule has 0 atom stereocenters. The first kappa shape index (κ1) is 16.3. The molecular weight excluding hydrogens is 348 g/mol. The molecule has 0 bridgehead atoms. The van der Waals surface area contributed by atoms with Gasteiger partial charge in [-0.25, -0.2) is 0 Å². The molecule has 0 spiro atoms. The second-order valence-corrected chi connectivity index (χ2v) is 6.31. The van der Waals surface area contributed by atoms with E-state index in [2.05, 4.69) is 57.5 Å². The van der Waals surface area contributed by atoms with Gasteiger partial charge in [0.25, 0.3) is 0 Å². The third kappa shape index (κ3) is 5.34. The van der Waals surface area contributed by atoms with Gasteiger partial charge in [-0.15, -0.1) is 0 Å². The summed E-state index contributed by atoms with van der Waals surface area (Å²) in [5, 5.41) is 4.24. The van der Waals surface area contributed by atoms with Crippen LogP contribution >= 0.6 is 27.5 Å². The molecule has 1 N–H and O–H groups in total. The number of hydrogen-bond acceptors (Lipinski definition) is 2. The highest BCUT2D eigenvalue weighted by molar-refractivity contribution is 9.10. The maximum atomic E-state index is 6.01. The number of rotatable bonds is 7. The summed E-state index contributed by atoms with van der Waals surface area (Å²) in [5.74, 6) is 0. The smallest absolute Gasteiger partial charge is 0.0410 e. The number of halogens is 2. The molecule has 2 nitrogen and oxygen atoms in total. The summed E-state index contributed by atoms with van der Waals surface area (Å²) >= 11 is 9.56. The molecule has 0 unspecified atom stereocenters. The second-order valence-electron chi connectivity index (χ2n) is 5.02. The van der Waals surface area contributed by atoms with Gasteiger partial charge in [-0.3, -0.25) is 0 Å². The predicted molar refractivity (Wildman–Crippen MR) is 95.2 cm³/mol. The molecule has 2 aromatic carbocycles. The molecule has 4 heteroatoms. The first-order valence-electron chi connectivity index (χ1n) is 7.07. The normalized spacial score (nSPS) is 10.6. The first-order valence-corrected chi connectivity index (χ1v) is 8.25. The van der Waals surface area contributed by atoms with Crippen LogP contribution in [0.4, 0.5) is 5.69 Å². The average Bonchev–Trinajstić information content (AvgIpc) is 2.51. The van der Waals surface area contributed by atoms with Crippen LogP contribution in [0.15, 0.2) is 53.0 Å². The molecule has 0 fully saturated rings. The standard InChI is InChI=1S/C17H20BrClN2/c1-21(16-6-3-2-4-7-16)11-5-10-20-13-14-12-15(19)8-9-17(14)18/h2-4,6-9,12,20H,5,10-11,13H2,1H3. The molecule has 2 aromatic rings. The summed E-state index contributed by atoms with van der Waals surface area (Å²) in [7, 11) is 2.13. The summed E-state index contributed by atoms with van der Waals surface area (Å²) < 4.78 is 1.10. The Kier molecular flexibility index (Phi) is 6.55. The van der Waals surface area contributed by atoms with Gasteiger partial charge >= 0.3 is 0 Å². The van der Waals surface area contributed by atoms with Crippen molar-refractivity contribution in [2.24, 2.45) is 0 Å². The van der Waals surface area contributed by atoms with E-state index >= 15 is 0 Å². The molecule has 0 aliphatic rings. The van der Waals surface area contributed by atoms with Crippen LogP contribution in [0.25, 0.3) is 0 Å². The van der Waals surface area contributed by atoms with Crippen LogP contribution in [-0.4, -0.2) is 20.1 Å². The summed E-state index contributed by atoms with van der Waals surface area (Å²) in [4.78, 5) is 2.27. The second kappa shape index (κ2) is 8.42. The van der Waals surface area contributed by atoms with Gasteiger partial charge in [0.2, 0.25) is 0 Å². The van der Waals surface area contributed by atoms with E-state index in [1.807, 2.05) is 24.3 Å². The fourth-order valence-electron chi connectivity index (χ4n) is 2.15. The van der Waals surface area contributed by atoms with Crippen LogP contribution in [0.5, 0.6) is 0 Å². The molecule has 0 aromatic heterocycles. The number of anilines is 1. The van der Waals surface area contributed by atoms with Gasteiger partial charge in [-0.1, -0.05) is 45.7 Å². The van der Waals surface area contributed by atoms with E-state index in [0.717, 1.165) is 35.6 Å². The summed E-state index contributed by atoms with van der Waals surface area (Å²) in [6.45, 7) is 2.85. The van der Waals surface area contributed by atoms with Gasteiger partial charge in [0.05, 0.1) is 0 Å². The van der Waals surface area contributed by atoms with Crippen molar-refractivity contribution in [2.45, 2.75) is 13.0 Å². The molecule has 112 valence electrons. The molecule has 0 aliphatic heterocycles. The van der Waals surface area contributed by atoms with Gasteiger partial charge in [-0.2, -0.15) is 0 Å². The van der Waals surface area contributed by atoms with E-state index in [0.29, 0.717) is 0 Å². The van der Waals surface area contributed by atoms with Crippen molar-refractivity contribution >= 4 is 33.2 Å². The van der Waals surface area contributed by atoms with Gasteiger partial charge in [0.15, 0.2) is 0 Å². The minimum Gasteiger partial charge on any atom is -0.375 e. The Morgan fingerprint density at radius 3 is 2.67 bits per heavy atom. The third-order valence-corrected chi connectivity index (χ3v) is 4.38. The largest absolute Gasteiger partial charge is 0.375 e. The number of benzene rings is 2. The summed E-state index contributed by atoms with van der Waals surface area (Å²) in [6.07, 6.45) is 1.10. The number of nitrogens with one attached hydrogen (secondary N) is 1. The zero-order valence-corrected chi connectivity index (χ0v) is 14.5. The van der Waals surface area contributed by atoms with Crippen molar-refractivity contribution in [1.29, 1.82) is 0 Å². The molecule has 0 heterocycles. The topological polar surface area (TPSA) is 15.3 Å². The SMILES string of the molecule is CN(CCCNCc1cc(Cl)ccc1Br)c1ccccc1. The predicted octanol–water partition coefficient (Wildman–Crippen LogP) is 4.72. The quantitative estimate of drug-likeness (QED) is 0.712. The van der Waals surface area contributed by atoms with Crippen LogP contribution in [0.3, 0.4) is 0 Å². The van der Waals surface area contributed by atoms with Gasteiger partial charge in [-0.05, 0) is 48.9 Å². The third-order valence-electron chi connectivity index (χ3n) is 3.37. The zero-order valence-electron chi connectivity index (χ0n) is 12.2. The van der Waals surface area contributed by atoms with Gasteiger partial charge in [0.1, 0.15) is 0 Å². The Bertz CT molecular complexity index is 560. The van der Waals surface area contributed by atoms with E-state index in [-0.39, 0.29) is 0 Å². The van der Waals surface area contributed by atoms with Crippen LogP contribution in [0, 0.1) is 0 Å². The van der Waals surface area contributed by atoms with Crippen molar-refractivity contribution in [1.82, 2.24) is 5.32 Å². The van der Waals surface area contributed by atoms with Crippen LogP contribution in [0.1, 0.15) is 12.0 Å². The van der Waals surface area contributed by atoms with Crippen LogP contribution in [0.2, 0.25) is 5.02 Å². The Balaban J connectivity index is 1.69. The van der Waals surface area contributed by atoms with Crippen LogP contribution < -0.4 is 10.2 Å². The van der Waals surface area contributed by atoms with E-state index in [1.54, 1.807) is 0 Å². The molecule has 0 saturated carbocycles. The highest BCUT2D eigenvalue weighted by Crippen LogP contribution is 2.20. The average molecular weight is 368 g/mol. The van der Waals surface area contributed by atoms with E-state index < -0.39 is 0 Å². The van der Waals surface area contributed by atoms with E-state index in [1.165, 1.54) is 11.3 Å². The van der Waals surface area contributed by atoms with Crippen molar-refractivity contribution in [3.63, 3.8) is 0 Å². The Hall–Kier alpha value is -1.03. The maximum Gasteiger partial charge on any atom is 0.0410 e.